The van der Waals surface area contributed by atoms with Crippen LogP contribution in [0.1, 0.15) is 5.69 Å². The molecule has 0 aromatic carbocycles. The van der Waals surface area contributed by atoms with E-state index < -0.39 is 10.0 Å². The maximum atomic E-state index is 11.8. The lowest BCUT2D eigenvalue weighted by Crippen LogP contribution is -2.30. The Kier molecular flexibility index (Phi) is 7.73. The first-order valence-corrected chi connectivity index (χ1v) is 10.0. The van der Waals surface area contributed by atoms with Crippen LogP contribution in [-0.4, -0.2) is 57.6 Å². The summed E-state index contributed by atoms with van der Waals surface area (Å²) in [5, 5.41) is 2.85. The Balaban J connectivity index is 1.73. The molecule has 0 saturated carbocycles. The predicted octanol–water partition coefficient (Wildman–Crippen LogP) is 1.33. The SMILES string of the molecule is COCCOCCS(=O)(=O)NCCc1csc(-c2ccncc2)n1. The number of hydrogen-bond acceptors (Lipinski definition) is 7. The summed E-state index contributed by atoms with van der Waals surface area (Å²) in [5.41, 5.74) is 1.88. The van der Waals surface area contributed by atoms with E-state index in [1.54, 1.807) is 19.5 Å². The fourth-order valence-corrected chi connectivity index (χ4v) is 3.62. The van der Waals surface area contributed by atoms with Crippen molar-refractivity contribution in [2.24, 2.45) is 0 Å². The smallest absolute Gasteiger partial charge is 0.213 e. The molecule has 0 aliphatic carbocycles. The molecule has 24 heavy (non-hydrogen) atoms. The summed E-state index contributed by atoms with van der Waals surface area (Å²) in [7, 11) is -1.76. The molecule has 0 radical (unpaired) electrons. The molecule has 2 aromatic rings. The van der Waals surface area contributed by atoms with Crippen LogP contribution in [-0.2, 0) is 25.9 Å². The van der Waals surface area contributed by atoms with Crippen molar-refractivity contribution in [1.82, 2.24) is 14.7 Å². The zero-order valence-corrected chi connectivity index (χ0v) is 15.1. The zero-order valence-electron chi connectivity index (χ0n) is 13.5. The first kappa shape index (κ1) is 18.9. The van der Waals surface area contributed by atoms with Crippen molar-refractivity contribution in [3.05, 3.63) is 35.6 Å². The number of ether oxygens (including phenoxy) is 2. The molecule has 2 rings (SSSR count). The summed E-state index contributed by atoms with van der Waals surface area (Å²) in [6.07, 6.45) is 3.99. The third kappa shape index (κ3) is 6.62. The Morgan fingerprint density at radius 1 is 1.21 bits per heavy atom. The monoisotopic (exact) mass is 371 g/mol. The fraction of sp³-hybridized carbons (Fsp3) is 0.467. The largest absolute Gasteiger partial charge is 0.382 e. The molecule has 9 heteroatoms. The molecule has 0 unspecified atom stereocenters. The van der Waals surface area contributed by atoms with Crippen molar-refractivity contribution >= 4 is 21.4 Å². The Labute approximate surface area is 146 Å². The van der Waals surface area contributed by atoms with Crippen LogP contribution in [0.2, 0.25) is 0 Å². The molecule has 1 N–H and O–H groups in total. The van der Waals surface area contributed by atoms with E-state index in [9.17, 15) is 8.42 Å². The molecular weight excluding hydrogens is 350 g/mol. The molecule has 0 aliphatic heterocycles. The topological polar surface area (TPSA) is 90.4 Å². The van der Waals surface area contributed by atoms with Crippen LogP contribution in [0.3, 0.4) is 0 Å². The molecule has 0 amide bonds. The van der Waals surface area contributed by atoms with Crippen molar-refractivity contribution in [3.8, 4) is 10.6 Å². The van der Waals surface area contributed by atoms with Gasteiger partial charge in [0.05, 0.1) is 31.3 Å². The van der Waals surface area contributed by atoms with Crippen molar-refractivity contribution in [1.29, 1.82) is 0 Å². The quantitative estimate of drug-likeness (QED) is 0.599. The van der Waals surface area contributed by atoms with Gasteiger partial charge in [-0.1, -0.05) is 0 Å². The lowest BCUT2D eigenvalue weighted by Gasteiger charge is -2.06. The van der Waals surface area contributed by atoms with Gasteiger partial charge in [0.25, 0.3) is 0 Å². The van der Waals surface area contributed by atoms with Gasteiger partial charge in [0.1, 0.15) is 5.01 Å². The number of aromatic nitrogens is 2. The van der Waals surface area contributed by atoms with Gasteiger partial charge in [-0.2, -0.15) is 0 Å². The molecule has 132 valence electrons. The molecule has 2 aromatic heterocycles. The number of nitrogens with zero attached hydrogens (tertiary/aromatic N) is 2. The maximum absolute atomic E-state index is 11.8. The normalized spacial score (nSPS) is 11.7. The van der Waals surface area contributed by atoms with Gasteiger partial charge in [0.2, 0.25) is 10.0 Å². The minimum absolute atomic E-state index is 0.0595. The van der Waals surface area contributed by atoms with Gasteiger partial charge >= 0.3 is 0 Å². The highest BCUT2D eigenvalue weighted by atomic mass is 32.2. The van der Waals surface area contributed by atoms with E-state index >= 15 is 0 Å². The minimum Gasteiger partial charge on any atom is -0.382 e. The van der Waals surface area contributed by atoms with Crippen LogP contribution in [0.25, 0.3) is 10.6 Å². The molecule has 0 fully saturated rings. The number of rotatable bonds is 11. The van der Waals surface area contributed by atoms with E-state index in [4.69, 9.17) is 9.47 Å². The second-order valence-electron chi connectivity index (χ2n) is 4.95. The van der Waals surface area contributed by atoms with E-state index in [1.807, 2.05) is 17.5 Å². The Hall–Kier alpha value is -1.39. The van der Waals surface area contributed by atoms with Crippen LogP contribution in [0.15, 0.2) is 29.9 Å². The molecule has 2 heterocycles. The van der Waals surface area contributed by atoms with Crippen LogP contribution in [0, 0.1) is 0 Å². The summed E-state index contributed by atoms with van der Waals surface area (Å²) in [6, 6.07) is 3.80. The number of thiazole rings is 1. The van der Waals surface area contributed by atoms with E-state index in [2.05, 4.69) is 14.7 Å². The van der Waals surface area contributed by atoms with E-state index in [-0.39, 0.29) is 12.4 Å². The van der Waals surface area contributed by atoms with Gasteiger partial charge < -0.3 is 9.47 Å². The lowest BCUT2D eigenvalue weighted by atomic mass is 10.3. The average Bonchev–Trinajstić information content (AvgIpc) is 3.04. The fourth-order valence-electron chi connectivity index (χ4n) is 1.87. The number of pyridine rings is 1. The Morgan fingerprint density at radius 2 is 2.00 bits per heavy atom. The Morgan fingerprint density at radius 3 is 2.75 bits per heavy atom. The minimum atomic E-state index is -3.33. The van der Waals surface area contributed by atoms with Crippen LogP contribution in [0.5, 0.6) is 0 Å². The molecule has 7 nitrogen and oxygen atoms in total. The van der Waals surface area contributed by atoms with E-state index in [0.717, 1.165) is 16.3 Å². The number of nitrogens with one attached hydrogen (secondary N) is 1. The summed E-state index contributed by atoms with van der Waals surface area (Å²) < 4.78 is 36.2. The highest BCUT2D eigenvalue weighted by molar-refractivity contribution is 7.89. The summed E-state index contributed by atoms with van der Waals surface area (Å²) >= 11 is 1.53. The highest BCUT2D eigenvalue weighted by Crippen LogP contribution is 2.22. The maximum Gasteiger partial charge on any atom is 0.213 e. The van der Waals surface area contributed by atoms with Gasteiger partial charge in [0, 0.05) is 43.4 Å². The molecule has 0 spiro atoms. The predicted molar refractivity (Wildman–Crippen MR) is 93.5 cm³/mol. The summed E-state index contributed by atoms with van der Waals surface area (Å²) in [6.45, 7) is 1.32. The van der Waals surface area contributed by atoms with Gasteiger partial charge in [-0.25, -0.2) is 18.1 Å². The third-order valence-electron chi connectivity index (χ3n) is 3.11. The van der Waals surface area contributed by atoms with Gasteiger partial charge in [-0.3, -0.25) is 4.98 Å². The first-order chi connectivity index (χ1) is 11.6. The molecule has 0 atom stereocenters. The van der Waals surface area contributed by atoms with E-state index in [0.29, 0.717) is 26.2 Å². The van der Waals surface area contributed by atoms with Gasteiger partial charge in [0.15, 0.2) is 0 Å². The van der Waals surface area contributed by atoms with Crippen molar-refractivity contribution in [3.63, 3.8) is 0 Å². The zero-order chi connectivity index (χ0) is 17.3. The van der Waals surface area contributed by atoms with Crippen LogP contribution < -0.4 is 4.72 Å². The highest BCUT2D eigenvalue weighted by Gasteiger charge is 2.10. The van der Waals surface area contributed by atoms with Crippen LogP contribution in [0.4, 0.5) is 0 Å². The lowest BCUT2D eigenvalue weighted by molar-refractivity contribution is 0.0784. The second-order valence-corrected chi connectivity index (χ2v) is 7.73. The van der Waals surface area contributed by atoms with Crippen LogP contribution >= 0.6 is 11.3 Å². The number of sulfonamides is 1. The molecule has 0 aliphatic rings. The van der Waals surface area contributed by atoms with Crippen molar-refractivity contribution in [2.75, 3.05) is 39.2 Å². The molecule has 0 saturated heterocycles. The van der Waals surface area contributed by atoms with Gasteiger partial charge in [-0.15, -0.1) is 11.3 Å². The number of hydrogen-bond donors (Lipinski definition) is 1. The molecule has 0 bridgehead atoms. The Bertz CT molecular complexity index is 705. The second kappa shape index (κ2) is 9.80. The molecular formula is C15H21N3O4S2. The van der Waals surface area contributed by atoms with Crippen molar-refractivity contribution < 1.29 is 17.9 Å². The average molecular weight is 371 g/mol. The standard InChI is InChI=1S/C15H21N3O4S2/c1-21-8-9-22-10-11-24(19,20)17-7-4-14-12-23-15(18-14)13-2-5-16-6-3-13/h2-3,5-6,12,17H,4,7-11H2,1H3. The summed E-state index contributed by atoms with van der Waals surface area (Å²) in [4.78, 5) is 8.49. The van der Waals surface area contributed by atoms with E-state index in [1.165, 1.54) is 11.3 Å². The number of methoxy groups -OCH3 is 1. The summed E-state index contributed by atoms with van der Waals surface area (Å²) in [5.74, 6) is -0.0595. The van der Waals surface area contributed by atoms with Crippen molar-refractivity contribution in [2.45, 2.75) is 6.42 Å². The third-order valence-corrected chi connectivity index (χ3v) is 5.40. The van der Waals surface area contributed by atoms with Gasteiger partial charge in [-0.05, 0) is 12.1 Å². The first-order valence-electron chi connectivity index (χ1n) is 7.49.